The molecule has 2 aliphatic rings. The molecule has 0 spiro atoms. The summed E-state index contributed by atoms with van der Waals surface area (Å²) in [6, 6.07) is 6.52. The highest BCUT2D eigenvalue weighted by Gasteiger charge is 2.31. The quantitative estimate of drug-likeness (QED) is 0.767. The summed E-state index contributed by atoms with van der Waals surface area (Å²) in [5.41, 5.74) is 0.875. The van der Waals surface area contributed by atoms with E-state index in [2.05, 4.69) is 0 Å². The van der Waals surface area contributed by atoms with Crippen LogP contribution in [0.5, 0.6) is 0 Å². The lowest BCUT2D eigenvalue weighted by Crippen LogP contribution is -2.46. The third-order valence-corrected chi connectivity index (χ3v) is 5.72. The Balaban J connectivity index is 1.47. The Kier molecular flexibility index (Phi) is 6.83. The predicted molar refractivity (Wildman–Crippen MR) is 102 cm³/mol. The molecule has 0 aliphatic carbocycles. The highest BCUT2D eigenvalue weighted by molar-refractivity contribution is 5.81. The Morgan fingerprint density at radius 3 is 2.44 bits per heavy atom. The van der Waals surface area contributed by atoms with E-state index in [4.69, 9.17) is 0 Å². The number of hydrogen-bond donors (Lipinski definition) is 0. The van der Waals surface area contributed by atoms with Crippen LogP contribution in [0.4, 0.5) is 4.39 Å². The third-order valence-electron chi connectivity index (χ3n) is 5.72. The molecular weight excluding hydrogens is 345 g/mol. The zero-order valence-electron chi connectivity index (χ0n) is 16.2. The van der Waals surface area contributed by atoms with Crippen LogP contribution >= 0.6 is 0 Å². The van der Waals surface area contributed by atoms with Gasteiger partial charge in [0, 0.05) is 38.6 Å². The smallest absolute Gasteiger partial charge is 0.236 e. The molecule has 3 rings (SSSR count). The van der Waals surface area contributed by atoms with Crippen LogP contribution in [0.1, 0.15) is 38.2 Å². The fourth-order valence-electron chi connectivity index (χ4n) is 4.04. The van der Waals surface area contributed by atoms with Crippen LogP contribution in [-0.2, 0) is 16.1 Å². The molecule has 2 fully saturated rings. The van der Waals surface area contributed by atoms with Gasteiger partial charge in [-0.2, -0.15) is 0 Å². The number of likely N-dealkylation sites (N-methyl/N-ethyl adjacent to an activating group) is 1. The Morgan fingerprint density at radius 2 is 1.81 bits per heavy atom. The second kappa shape index (κ2) is 9.31. The molecule has 2 saturated heterocycles. The van der Waals surface area contributed by atoms with E-state index in [-0.39, 0.29) is 23.5 Å². The van der Waals surface area contributed by atoms with Crippen molar-refractivity contribution in [3.8, 4) is 0 Å². The van der Waals surface area contributed by atoms with Crippen LogP contribution in [0.2, 0.25) is 0 Å². The van der Waals surface area contributed by atoms with Gasteiger partial charge in [-0.15, -0.1) is 0 Å². The largest absolute Gasteiger partial charge is 0.342 e. The summed E-state index contributed by atoms with van der Waals surface area (Å²) in [6.45, 7) is 6.72. The topological polar surface area (TPSA) is 43.9 Å². The molecule has 0 N–H and O–H groups in total. The summed E-state index contributed by atoms with van der Waals surface area (Å²) in [5, 5.41) is 0. The molecular formula is C21H30FN3O2. The maximum absolute atomic E-state index is 13.4. The molecule has 0 aromatic heterocycles. The number of amides is 2. The van der Waals surface area contributed by atoms with Crippen LogP contribution in [0.15, 0.2) is 24.3 Å². The second-order valence-electron chi connectivity index (χ2n) is 7.62. The normalized spacial score (nSPS) is 18.3. The highest BCUT2D eigenvalue weighted by Crippen LogP contribution is 2.22. The van der Waals surface area contributed by atoms with Crippen molar-refractivity contribution in [2.75, 3.05) is 39.3 Å². The van der Waals surface area contributed by atoms with Crippen molar-refractivity contribution in [2.24, 2.45) is 5.92 Å². The van der Waals surface area contributed by atoms with Gasteiger partial charge < -0.3 is 9.80 Å². The molecule has 2 aliphatic heterocycles. The molecule has 148 valence electrons. The predicted octanol–water partition coefficient (Wildman–Crippen LogP) is 2.51. The molecule has 6 heteroatoms. The van der Waals surface area contributed by atoms with Crippen molar-refractivity contribution >= 4 is 11.8 Å². The fourth-order valence-corrected chi connectivity index (χ4v) is 4.04. The Labute approximate surface area is 161 Å². The van der Waals surface area contributed by atoms with E-state index in [1.165, 1.54) is 12.1 Å². The number of carbonyl (C=O) groups excluding carboxylic acids is 2. The molecule has 1 aromatic carbocycles. The van der Waals surface area contributed by atoms with E-state index in [9.17, 15) is 14.0 Å². The monoisotopic (exact) mass is 375 g/mol. The van der Waals surface area contributed by atoms with Gasteiger partial charge >= 0.3 is 0 Å². The van der Waals surface area contributed by atoms with Crippen molar-refractivity contribution in [3.05, 3.63) is 35.6 Å². The molecule has 0 radical (unpaired) electrons. The maximum atomic E-state index is 13.4. The summed E-state index contributed by atoms with van der Waals surface area (Å²) < 4.78 is 13.4. The molecule has 0 saturated carbocycles. The second-order valence-corrected chi connectivity index (χ2v) is 7.62. The number of likely N-dealkylation sites (tertiary alicyclic amines) is 2. The van der Waals surface area contributed by atoms with Crippen molar-refractivity contribution < 1.29 is 14.0 Å². The zero-order valence-corrected chi connectivity index (χ0v) is 16.2. The number of nitrogens with zero attached hydrogens (tertiary/aromatic N) is 3. The standard InChI is InChI=1S/C21H30FN3O2/c1-2-23(15-17-6-5-7-19(22)14-17)16-20(26)24-12-8-18(9-13-24)21(27)25-10-3-4-11-25/h5-7,14,18H,2-4,8-13,15-16H2,1H3. The summed E-state index contributed by atoms with van der Waals surface area (Å²) in [5.74, 6) is 0.197. The van der Waals surface area contributed by atoms with Crippen molar-refractivity contribution in [3.63, 3.8) is 0 Å². The van der Waals surface area contributed by atoms with E-state index >= 15 is 0 Å². The summed E-state index contributed by atoms with van der Waals surface area (Å²) in [4.78, 5) is 31.1. The van der Waals surface area contributed by atoms with Crippen LogP contribution in [0.3, 0.4) is 0 Å². The lowest BCUT2D eigenvalue weighted by atomic mass is 9.95. The number of halogens is 1. The number of rotatable bonds is 6. The van der Waals surface area contributed by atoms with E-state index < -0.39 is 0 Å². The molecule has 27 heavy (non-hydrogen) atoms. The maximum Gasteiger partial charge on any atom is 0.236 e. The van der Waals surface area contributed by atoms with E-state index in [0.29, 0.717) is 26.2 Å². The van der Waals surface area contributed by atoms with Gasteiger partial charge in [0.15, 0.2) is 0 Å². The molecule has 2 amide bonds. The average Bonchev–Trinajstić information content (AvgIpc) is 3.22. The minimum Gasteiger partial charge on any atom is -0.342 e. The minimum atomic E-state index is -0.250. The number of carbonyl (C=O) groups is 2. The van der Waals surface area contributed by atoms with Gasteiger partial charge in [-0.1, -0.05) is 19.1 Å². The number of hydrogen-bond acceptors (Lipinski definition) is 3. The van der Waals surface area contributed by atoms with Crippen LogP contribution in [0.25, 0.3) is 0 Å². The van der Waals surface area contributed by atoms with Gasteiger partial charge in [0.1, 0.15) is 5.82 Å². The van der Waals surface area contributed by atoms with Crippen molar-refractivity contribution in [2.45, 2.75) is 39.2 Å². The minimum absolute atomic E-state index is 0.0710. The van der Waals surface area contributed by atoms with Gasteiger partial charge in [0.05, 0.1) is 6.54 Å². The van der Waals surface area contributed by atoms with Crippen LogP contribution in [0, 0.1) is 11.7 Å². The van der Waals surface area contributed by atoms with Gasteiger partial charge in [0.25, 0.3) is 0 Å². The van der Waals surface area contributed by atoms with Crippen molar-refractivity contribution in [1.29, 1.82) is 0 Å². The first-order valence-corrected chi connectivity index (χ1v) is 10.1. The van der Waals surface area contributed by atoms with Gasteiger partial charge in [-0.25, -0.2) is 4.39 Å². The summed E-state index contributed by atoms with van der Waals surface area (Å²) in [6.07, 6.45) is 3.75. The van der Waals surface area contributed by atoms with Gasteiger partial charge in [0.2, 0.25) is 11.8 Å². The fraction of sp³-hybridized carbons (Fsp3) is 0.619. The molecule has 0 unspecified atom stereocenters. The highest BCUT2D eigenvalue weighted by atomic mass is 19.1. The summed E-state index contributed by atoms with van der Waals surface area (Å²) in [7, 11) is 0. The Bertz CT molecular complexity index is 653. The first kappa shape index (κ1) is 19.8. The first-order chi connectivity index (χ1) is 13.1. The average molecular weight is 375 g/mol. The van der Waals surface area contributed by atoms with Crippen LogP contribution < -0.4 is 0 Å². The zero-order chi connectivity index (χ0) is 19.2. The van der Waals surface area contributed by atoms with E-state index in [1.54, 1.807) is 6.07 Å². The van der Waals surface area contributed by atoms with E-state index in [1.807, 2.05) is 27.7 Å². The SMILES string of the molecule is CCN(CC(=O)N1CCC(C(=O)N2CCCC2)CC1)Cc1cccc(F)c1. The summed E-state index contributed by atoms with van der Waals surface area (Å²) >= 11 is 0. The number of piperidine rings is 1. The Morgan fingerprint density at radius 1 is 1.11 bits per heavy atom. The molecule has 1 aromatic rings. The van der Waals surface area contributed by atoms with Gasteiger partial charge in [-0.05, 0) is 49.9 Å². The first-order valence-electron chi connectivity index (χ1n) is 10.1. The molecule has 0 atom stereocenters. The molecule has 5 nitrogen and oxygen atoms in total. The Hall–Kier alpha value is -1.95. The molecule has 0 bridgehead atoms. The third kappa shape index (κ3) is 5.28. The number of benzene rings is 1. The molecule has 2 heterocycles. The van der Waals surface area contributed by atoms with Crippen LogP contribution in [-0.4, -0.2) is 65.8 Å². The van der Waals surface area contributed by atoms with Gasteiger partial charge in [-0.3, -0.25) is 14.5 Å². The van der Waals surface area contributed by atoms with E-state index in [0.717, 1.165) is 50.9 Å². The van der Waals surface area contributed by atoms with Crippen molar-refractivity contribution in [1.82, 2.24) is 14.7 Å². The lowest BCUT2D eigenvalue weighted by Gasteiger charge is -2.34. The lowest BCUT2D eigenvalue weighted by molar-refractivity contribution is -0.140.